The van der Waals surface area contributed by atoms with Crippen LogP contribution >= 0.6 is 58.5 Å². The Balaban J connectivity index is 1.31. The van der Waals surface area contributed by atoms with Crippen molar-refractivity contribution < 1.29 is 34.0 Å². The van der Waals surface area contributed by atoms with Gasteiger partial charge in [-0.3, -0.25) is 19.3 Å². The van der Waals surface area contributed by atoms with Crippen LogP contribution in [-0.4, -0.2) is 73.6 Å². The van der Waals surface area contributed by atoms with E-state index in [1.165, 1.54) is 40.2 Å². The minimum absolute atomic E-state index is 0.0255. The quantitative estimate of drug-likeness (QED) is 0.144. The van der Waals surface area contributed by atoms with Crippen molar-refractivity contribution in [1.82, 2.24) is 10.2 Å². The predicted molar refractivity (Wildman–Crippen MR) is 159 cm³/mol. The van der Waals surface area contributed by atoms with Gasteiger partial charge in [-0.2, -0.15) is 0 Å². The number of carbonyl (C=O) groups excluding carboxylic acids is 2. The summed E-state index contributed by atoms with van der Waals surface area (Å²) in [5.74, 6) is -2.19. The van der Waals surface area contributed by atoms with Crippen LogP contribution in [0.3, 0.4) is 0 Å². The summed E-state index contributed by atoms with van der Waals surface area (Å²) < 4.78 is 1.93. The average Bonchev–Trinajstić information content (AvgIpc) is 2.95. The summed E-state index contributed by atoms with van der Waals surface area (Å²) in [6.45, 7) is 0.625. The maximum Gasteiger partial charge on any atom is 0.352 e. The number of hydrogen-bond donors (Lipinski definition) is 4. The first kappa shape index (κ1) is 31.5. The zero-order valence-corrected chi connectivity index (χ0v) is 25.5. The summed E-state index contributed by atoms with van der Waals surface area (Å²) in [6, 6.07) is 7.07. The number of amides is 2. The second-order valence-corrected chi connectivity index (χ2v) is 13.2. The van der Waals surface area contributed by atoms with Gasteiger partial charge in [-0.15, -0.1) is 35.3 Å². The molecule has 41 heavy (non-hydrogen) atoms. The predicted octanol–water partition coefficient (Wildman–Crippen LogP) is 3.10. The second-order valence-electron chi connectivity index (χ2n) is 9.22. The molecule has 2 aromatic rings. The van der Waals surface area contributed by atoms with Crippen LogP contribution in [0.5, 0.6) is 0 Å². The number of carboxylic acid groups (broad SMARTS) is 2. The molecular weight excluding hydrogens is 631 g/mol. The molecule has 0 aliphatic carbocycles. The van der Waals surface area contributed by atoms with Crippen LogP contribution in [0.1, 0.15) is 12.8 Å². The van der Waals surface area contributed by atoms with Crippen molar-refractivity contribution in [3.05, 3.63) is 64.0 Å². The maximum atomic E-state index is 12.9. The van der Waals surface area contributed by atoms with Crippen molar-refractivity contribution in [2.24, 2.45) is 5.73 Å². The van der Waals surface area contributed by atoms with Crippen LogP contribution in [0.25, 0.3) is 0 Å². The number of carboxylic acids is 2. The van der Waals surface area contributed by atoms with E-state index in [1.54, 1.807) is 18.2 Å². The number of aliphatic carboxylic acids is 2. The Bertz CT molecular complexity index is 1380. The molecule has 1 fully saturated rings. The van der Waals surface area contributed by atoms with Gasteiger partial charge < -0.3 is 21.3 Å². The summed E-state index contributed by atoms with van der Waals surface area (Å²) in [7, 11) is 0. The van der Waals surface area contributed by atoms with E-state index < -0.39 is 35.3 Å². The molecule has 1 aromatic heterocycles. The van der Waals surface area contributed by atoms with Gasteiger partial charge in [-0.05, 0) is 30.2 Å². The number of aryl methyl sites for hydroxylation is 1. The lowest BCUT2D eigenvalue weighted by Gasteiger charge is -2.49. The van der Waals surface area contributed by atoms with Crippen molar-refractivity contribution in [2.75, 3.05) is 17.3 Å². The molecule has 1 aromatic carbocycles. The molecule has 218 valence electrons. The van der Waals surface area contributed by atoms with E-state index in [0.717, 1.165) is 4.90 Å². The summed E-state index contributed by atoms with van der Waals surface area (Å²) in [6.07, 6.45) is 4.74. The molecule has 5 N–H and O–H groups in total. The number of rotatable bonds is 13. The van der Waals surface area contributed by atoms with Gasteiger partial charge in [-0.1, -0.05) is 23.2 Å². The van der Waals surface area contributed by atoms with Crippen LogP contribution in [0.15, 0.2) is 63.8 Å². The lowest BCUT2D eigenvalue weighted by atomic mass is 10.0. The van der Waals surface area contributed by atoms with Crippen molar-refractivity contribution in [2.45, 2.75) is 46.6 Å². The van der Waals surface area contributed by atoms with E-state index in [-0.39, 0.29) is 17.4 Å². The number of carbonyl (C=O) groups is 4. The van der Waals surface area contributed by atoms with Gasteiger partial charge in [0, 0.05) is 44.9 Å². The Kier molecular flexibility index (Phi) is 10.9. The van der Waals surface area contributed by atoms with Crippen LogP contribution in [0, 0.1) is 0 Å². The molecule has 3 atom stereocenters. The molecule has 0 bridgehead atoms. The highest BCUT2D eigenvalue weighted by molar-refractivity contribution is 8.01. The summed E-state index contributed by atoms with van der Waals surface area (Å²) in [5, 5.41) is 22.0. The van der Waals surface area contributed by atoms with Crippen LogP contribution in [-0.2, 0) is 25.7 Å². The first-order valence-corrected chi connectivity index (χ1v) is 16.2. The minimum Gasteiger partial charge on any atom is -0.480 e. The molecule has 15 heteroatoms. The molecule has 1 saturated heterocycles. The number of benzene rings is 1. The first-order valence-electron chi connectivity index (χ1n) is 12.4. The number of halogens is 2. The largest absolute Gasteiger partial charge is 0.480 e. The average molecular weight is 659 g/mol. The Labute approximate surface area is 259 Å². The minimum atomic E-state index is -1.18. The monoisotopic (exact) mass is 657 g/mol. The molecule has 0 radical (unpaired) electrons. The number of fused-ring (bicyclic) bond motifs is 1. The topological polar surface area (TPSA) is 154 Å². The van der Waals surface area contributed by atoms with Crippen LogP contribution < -0.4 is 15.6 Å². The van der Waals surface area contributed by atoms with Gasteiger partial charge in [-0.25, -0.2) is 9.36 Å². The van der Waals surface area contributed by atoms with Gasteiger partial charge >= 0.3 is 11.9 Å². The Morgan fingerprint density at radius 1 is 1.17 bits per heavy atom. The number of β-lactam (4-membered cyclic amide) rings is 1. The van der Waals surface area contributed by atoms with Crippen molar-refractivity contribution in [3.8, 4) is 0 Å². The smallest absolute Gasteiger partial charge is 0.352 e. The first-order chi connectivity index (χ1) is 19.5. The lowest BCUT2D eigenvalue weighted by molar-refractivity contribution is -0.697. The SMILES string of the molecule is N[C@H](CCC[n+]1ccc(SCC2=C(C(=O)O)N3C(=O)[C@@H](NC(=O)CSc4cc(Cl)ccc4Cl)[C@H]3SC2)cc1)C(=O)O. The normalized spacial score (nSPS) is 18.9. The van der Waals surface area contributed by atoms with Gasteiger partial charge in [0.05, 0.1) is 10.8 Å². The van der Waals surface area contributed by atoms with Crippen LogP contribution in [0.2, 0.25) is 10.0 Å². The van der Waals surface area contributed by atoms with E-state index in [1.807, 2.05) is 29.1 Å². The molecule has 0 saturated carbocycles. The number of pyridine rings is 1. The maximum absolute atomic E-state index is 12.9. The Morgan fingerprint density at radius 3 is 2.59 bits per heavy atom. The molecule has 0 unspecified atom stereocenters. The lowest BCUT2D eigenvalue weighted by Crippen LogP contribution is -2.70. The fraction of sp³-hybridized carbons (Fsp3) is 0.346. The molecule has 2 aliphatic rings. The highest BCUT2D eigenvalue weighted by Gasteiger charge is 2.54. The highest BCUT2D eigenvalue weighted by Crippen LogP contribution is 2.41. The zero-order chi connectivity index (χ0) is 29.7. The molecular formula is C26H27Cl2N4O6S3+. The summed E-state index contributed by atoms with van der Waals surface area (Å²) in [4.78, 5) is 51.3. The number of nitrogens with one attached hydrogen (secondary N) is 1. The fourth-order valence-corrected chi connectivity index (χ4v) is 7.89. The fourth-order valence-electron chi connectivity index (χ4n) is 4.22. The van der Waals surface area contributed by atoms with E-state index >= 15 is 0 Å². The third-order valence-electron chi connectivity index (χ3n) is 6.34. The third-order valence-corrected chi connectivity index (χ3v) is 10.5. The van der Waals surface area contributed by atoms with Crippen molar-refractivity contribution in [3.63, 3.8) is 0 Å². The van der Waals surface area contributed by atoms with E-state index in [2.05, 4.69) is 5.32 Å². The number of thioether (sulfide) groups is 3. The molecule has 3 heterocycles. The van der Waals surface area contributed by atoms with Gasteiger partial charge in [0.2, 0.25) is 5.91 Å². The summed E-state index contributed by atoms with van der Waals surface area (Å²) >= 11 is 16.2. The second kappa shape index (κ2) is 14.2. The summed E-state index contributed by atoms with van der Waals surface area (Å²) in [5.41, 5.74) is 6.14. The van der Waals surface area contributed by atoms with Crippen molar-refractivity contribution in [1.29, 1.82) is 0 Å². The zero-order valence-electron chi connectivity index (χ0n) is 21.5. The van der Waals surface area contributed by atoms with E-state index in [4.69, 9.17) is 34.0 Å². The number of nitrogens with zero attached hydrogens (tertiary/aromatic N) is 2. The molecule has 4 rings (SSSR count). The van der Waals surface area contributed by atoms with Crippen LogP contribution in [0.4, 0.5) is 0 Å². The standard InChI is InChI=1S/C26H26Cl2N4O6S3/c27-15-3-4-17(28)19(10-15)40-13-20(33)30-21-23(34)32-22(26(37)38)14(12-41-24(21)32)11-39-16-5-8-31(9-6-16)7-1-2-18(29)25(35)36/h3-6,8-10,18,21,24H,1-2,7,11-13,29H2,(H2-,30,33,35,36,37,38)/p+1/t18-,21-,24-/m1/s1. The van der Waals surface area contributed by atoms with E-state index in [0.29, 0.717) is 51.4 Å². The van der Waals surface area contributed by atoms with Gasteiger partial charge in [0.25, 0.3) is 5.91 Å². The Morgan fingerprint density at radius 2 is 1.90 bits per heavy atom. The van der Waals surface area contributed by atoms with E-state index in [9.17, 15) is 24.3 Å². The molecule has 10 nitrogen and oxygen atoms in total. The van der Waals surface area contributed by atoms with Gasteiger partial charge in [0.15, 0.2) is 12.4 Å². The van der Waals surface area contributed by atoms with Crippen molar-refractivity contribution >= 4 is 82.2 Å². The molecule has 0 spiro atoms. The number of aromatic nitrogens is 1. The number of nitrogens with two attached hydrogens (primary N) is 1. The molecule has 2 amide bonds. The van der Waals surface area contributed by atoms with Gasteiger partial charge in [0.1, 0.15) is 29.7 Å². The highest BCUT2D eigenvalue weighted by atomic mass is 35.5. The molecule has 2 aliphatic heterocycles. The third kappa shape index (κ3) is 7.90. The number of hydrogen-bond acceptors (Lipinski definition) is 8. The Hall–Kier alpha value is -2.42.